The molecule has 0 amide bonds. The second kappa shape index (κ2) is 5.35. The highest BCUT2D eigenvalue weighted by Gasteiger charge is 2.51. The Morgan fingerprint density at radius 2 is 1.86 bits per heavy atom. The zero-order chi connectivity index (χ0) is 16.1. The highest BCUT2D eigenvalue weighted by molar-refractivity contribution is 5.34. The van der Waals surface area contributed by atoms with Gasteiger partial charge in [-0.15, -0.1) is 0 Å². The van der Waals surface area contributed by atoms with E-state index >= 15 is 0 Å². The molecule has 3 aliphatic rings. The second-order valence-electron chi connectivity index (χ2n) is 8.36. The van der Waals surface area contributed by atoms with Crippen molar-refractivity contribution in [1.29, 1.82) is 0 Å². The average molecular weight is 302 g/mol. The maximum atomic E-state index is 6.30. The van der Waals surface area contributed by atoms with Crippen molar-refractivity contribution in [1.82, 2.24) is 0 Å². The fourth-order valence-electron chi connectivity index (χ4n) is 4.02. The molecule has 0 N–H and O–H groups in total. The van der Waals surface area contributed by atoms with Gasteiger partial charge in [0.25, 0.3) is 0 Å². The molecular formula is C20H30O2. The Kier molecular flexibility index (Phi) is 3.89. The van der Waals surface area contributed by atoms with Crippen molar-refractivity contribution in [3.63, 3.8) is 0 Å². The SMILES string of the molecule is C=C(C)[C@@H]1C=C[C@H](C)[C@H]2CC3(OCC(C)(C)CO3)C(C)=C2C1. The van der Waals surface area contributed by atoms with Gasteiger partial charge in [-0.3, -0.25) is 0 Å². The Bertz CT molecular complexity index is 528. The highest BCUT2D eigenvalue weighted by atomic mass is 16.7. The number of allylic oxidation sites excluding steroid dienone is 4. The van der Waals surface area contributed by atoms with Gasteiger partial charge in [0.15, 0.2) is 5.79 Å². The van der Waals surface area contributed by atoms with Crippen LogP contribution in [0, 0.1) is 23.2 Å². The summed E-state index contributed by atoms with van der Waals surface area (Å²) >= 11 is 0. The second-order valence-corrected chi connectivity index (χ2v) is 8.36. The zero-order valence-electron chi connectivity index (χ0n) is 14.7. The van der Waals surface area contributed by atoms with E-state index in [-0.39, 0.29) is 5.41 Å². The van der Waals surface area contributed by atoms with Crippen molar-refractivity contribution in [2.24, 2.45) is 23.2 Å². The Morgan fingerprint density at radius 3 is 2.45 bits per heavy atom. The first-order valence-corrected chi connectivity index (χ1v) is 8.56. The van der Waals surface area contributed by atoms with Crippen LogP contribution in [0.1, 0.15) is 47.5 Å². The van der Waals surface area contributed by atoms with Crippen LogP contribution in [0.3, 0.4) is 0 Å². The van der Waals surface area contributed by atoms with Crippen molar-refractivity contribution in [3.05, 3.63) is 35.5 Å². The lowest BCUT2D eigenvalue weighted by Gasteiger charge is -2.43. The van der Waals surface area contributed by atoms with Gasteiger partial charge in [-0.25, -0.2) is 0 Å². The molecule has 2 aliphatic carbocycles. The summed E-state index contributed by atoms with van der Waals surface area (Å²) in [5.41, 5.74) is 4.24. The van der Waals surface area contributed by atoms with Crippen molar-refractivity contribution in [3.8, 4) is 0 Å². The standard InChI is InChI=1S/C20H30O2/c1-13(2)16-8-7-14(3)18-10-20(15(4)17(18)9-16)21-11-19(5,6)12-22-20/h7-8,14,16,18H,1,9-12H2,2-6H3/t14-,16+,18+/m0/s1. The maximum Gasteiger partial charge on any atom is 0.191 e. The summed E-state index contributed by atoms with van der Waals surface area (Å²) < 4.78 is 12.6. The van der Waals surface area contributed by atoms with Crippen molar-refractivity contribution in [2.45, 2.75) is 53.2 Å². The summed E-state index contributed by atoms with van der Waals surface area (Å²) in [6, 6.07) is 0. The van der Waals surface area contributed by atoms with Crippen LogP contribution in [0.25, 0.3) is 0 Å². The molecule has 1 heterocycles. The molecule has 0 aromatic carbocycles. The van der Waals surface area contributed by atoms with E-state index in [1.807, 2.05) is 0 Å². The van der Waals surface area contributed by atoms with Gasteiger partial charge in [0.2, 0.25) is 0 Å². The van der Waals surface area contributed by atoms with E-state index in [0.29, 0.717) is 17.8 Å². The number of hydrogen-bond acceptors (Lipinski definition) is 2. The van der Waals surface area contributed by atoms with E-state index in [9.17, 15) is 0 Å². The molecule has 22 heavy (non-hydrogen) atoms. The van der Waals surface area contributed by atoms with Crippen molar-refractivity contribution < 1.29 is 9.47 Å². The molecule has 0 saturated carbocycles. The van der Waals surface area contributed by atoms with E-state index in [1.165, 1.54) is 11.1 Å². The topological polar surface area (TPSA) is 18.5 Å². The molecule has 1 aliphatic heterocycles. The summed E-state index contributed by atoms with van der Waals surface area (Å²) in [6.45, 7) is 16.8. The van der Waals surface area contributed by atoms with Crippen LogP contribution in [0.15, 0.2) is 35.5 Å². The van der Waals surface area contributed by atoms with Gasteiger partial charge < -0.3 is 9.47 Å². The Labute approximate surface area is 135 Å². The van der Waals surface area contributed by atoms with Crippen molar-refractivity contribution in [2.75, 3.05) is 13.2 Å². The summed E-state index contributed by atoms with van der Waals surface area (Å²) in [6.07, 6.45) is 6.77. The predicted octanol–water partition coefficient (Wildman–Crippen LogP) is 4.88. The van der Waals surface area contributed by atoms with Gasteiger partial charge in [-0.05, 0) is 37.7 Å². The lowest BCUT2D eigenvalue weighted by Crippen LogP contribution is -2.47. The van der Waals surface area contributed by atoms with E-state index < -0.39 is 5.79 Å². The fourth-order valence-corrected chi connectivity index (χ4v) is 4.02. The first-order chi connectivity index (χ1) is 10.2. The normalized spacial score (nSPS) is 36.3. The molecule has 3 rings (SSSR count). The third kappa shape index (κ3) is 2.61. The lowest BCUT2D eigenvalue weighted by atomic mass is 9.86. The third-order valence-electron chi connectivity index (χ3n) is 5.74. The van der Waals surface area contributed by atoms with Crippen LogP contribution in [-0.2, 0) is 9.47 Å². The van der Waals surface area contributed by atoms with Crippen LogP contribution >= 0.6 is 0 Å². The largest absolute Gasteiger partial charge is 0.345 e. The molecule has 0 radical (unpaired) electrons. The Hall–Kier alpha value is -0.860. The van der Waals surface area contributed by atoms with E-state index in [0.717, 1.165) is 26.1 Å². The van der Waals surface area contributed by atoms with Crippen LogP contribution in [0.4, 0.5) is 0 Å². The first kappa shape index (κ1) is 16.0. The lowest BCUT2D eigenvalue weighted by molar-refractivity contribution is -0.279. The quantitative estimate of drug-likeness (QED) is 0.643. The molecule has 1 spiro atoms. The highest BCUT2D eigenvalue weighted by Crippen LogP contribution is 2.52. The number of rotatable bonds is 1. The zero-order valence-corrected chi connectivity index (χ0v) is 14.7. The number of fused-ring (bicyclic) bond motifs is 1. The van der Waals surface area contributed by atoms with Gasteiger partial charge in [-0.1, -0.05) is 50.6 Å². The molecular weight excluding hydrogens is 272 g/mol. The molecule has 1 fully saturated rings. The predicted molar refractivity (Wildman–Crippen MR) is 90.4 cm³/mol. The van der Waals surface area contributed by atoms with Crippen LogP contribution < -0.4 is 0 Å². The molecule has 0 aromatic rings. The van der Waals surface area contributed by atoms with Gasteiger partial charge in [-0.2, -0.15) is 0 Å². The summed E-state index contributed by atoms with van der Waals surface area (Å²) in [7, 11) is 0. The molecule has 122 valence electrons. The first-order valence-electron chi connectivity index (χ1n) is 8.56. The Balaban J connectivity index is 1.91. The molecule has 3 atom stereocenters. The molecule has 1 saturated heterocycles. The minimum absolute atomic E-state index is 0.118. The maximum absolute atomic E-state index is 6.30. The summed E-state index contributed by atoms with van der Waals surface area (Å²) in [5, 5.41) is 0. The van der Waals surface area contributed by atoms with E-state index in [4.69, 9.17) is 9.47 Å². The van der Waals surface area contributed by atoms with Gasteiger partial charge in [0.1, 0.15) is 0 Å². The summed E-state index contributed by atoms with van der Waals surface area (Å²) in [4.78, 5) is 0. The molecule has 0 aromatic heterocycles. The minimum Gasteiger partial charge on any atom is -0.345 e. The smallest absolute Gasteiger partial charge is 0.191 e. The summed E-state index contributed by atoms with van der Waals surface area (Å²) in [5.74, 6) is 1.07. The van der Waals surface area contributed by atoms with E-state index in [2.05, 4.69) is 53.3 Å². The Morgan fingerprint density at radius 1 is 1.23 bits per heavy atom. The van der Waals surface area contributed by atoms with Crippen LogP contribution in [0.2, 0.25) is 0 Å². The third-order valence-corrected chi connectivity index (χ3v) is 5.74. The number of hydrogen-bond donors (Lipinski definition) is 0. The average Bonchev–Trinajstić information content (AvgIpc) is 2.60. The molecule has 2 nitrogen and oxygen atoms in total. The molecule has 0 bridgehead atoms. The fraction of sp³-hybridized carbons (Fsp3) is 0.700. The van der Waals surface area contributed by atoms with Gasteiger partial charge >= 0.3 is 0 Å². The molecule has 0 unspecified atom stereocenters. The van der Waals surface area contributed by atoms with Gasteiger partial charge in [0, 0.05) is 17.8 Å². The minimum atomic E-state index is -0.464. The molecule has 2 heteroatoms. The number of ether oxygens (including phenoxy) is 2. The van der Waals surface area contributed by atoms with Crippen molar-refractivity contribution >= 4 is 0 Å². The van der Waals surface area contributed by atoms with Gasteiger partial charge in [0.05, 0.1) is 13.2 Å². The monoisotopic (exact) mass is 302 g/mol. The van der Waals surface area contributed by atoms with Crippen LogP contribution in [0.5, 0.6) is 0 Å². The van der Waals surface area contributed by atoms with E-state index in [1.54, 1.807) is 5.57 Å². The van der Waals surface area contributed by atoms with Crippen LogP contribution in [-0.4, -0.2) is 19.0 Å².